The Hall–Kier alpha value is -6.78. The van der Waals surface area contributed by atoms with Crippen LogP contribution in [-0.2, 0) is 0 Å². The molecule has 3 aromatic heterocycles. The minimum absolute atomic E-state index is 0.812. The van der Waals surface area contributed by atoms with Crippen molar-refractivity contribution in [3.05, 3.63) is 158 Å². The number of hydrogen-bond donors (Lipinski definition) is 0. The van der Waals surface area contributed by atoms with Gasteiger partial charge in [-0.25, -0.2) is 4.98 Å². The largest absolute Gasteiger partial charge is 0.456 e. The van der Waals surface area contributed by atoms with Gasteiger partial charge in [0.15, 0.2) is 0 Å². The monoisotopic (exact) mass is 638 g/mol. The highest BCUT2D eigenvalue weighted by Crippen LogP contribution is 2.40. The van der Waals surface area contributed by atoms with E-state index < -0.39 is 0 Å². The third kappa shape index (κ3) is 4.06. The Balaban J connectivity index is 1.04. The second-order valence-electron chi connectivity index (χ2n) is 13.0. The van der Waals surface area contributed by atoms with E-state index in [4.69, 9.17) is 18.8 Å². The summed E-state index contributed by atoms with van der Waals surface area (Å²) in [7, 11) is 0. The molecule has 0 fully saturated rings. The summed E-state index contributed by atoms with van der Waals surface area (Å²) in [4.78, 5) is 10.2. The first-order valence-electron chi connectivity index (χ1n) is 16.8. The fourth-order valence-corrected chi connectivity index (χ4v) is 7.66. The summed E-state index contributed by atoms with van der Waals surface area (Å²) < 4.78 is 12.7. The van der Waals surface area contributed by atoms with Gasteiger partial charge in [0.1, 0.15) is 22.3 Å². The fraction of sp³-hybridized carbons (Fsp3) is 0. The third-order valence-corrected chi connectivity index (χ3v) is 10.1. The number of benzene rings is 8. The van der Waals surface area contributed by atoms with E-state index in [0.29, 0.717) is 0 Å². The van der Waals surface area contributed by atoms with E-state index >= 15 is 0 Å². The molecule has 0 saturated heterocycles. The predicted octanol–water partition coefficient (Wildman–Crippen LogP) is 12.7. The van der Waals surface area contributed by atoms with Gasteiger partial charge in [-0.3, -0.25) is 4.98 Å². The maximum atomic E-state index is 6.36. The summed E-state index contributed by atoms with van der Waals surface area (Å²) in [6.07, 6.45) is 1.90. The second kappa shape index (κ2) is 10.4. The second-order valence-corrected chi connectivity index (χ2v) is 13.0. The van der Waals surface area contributed by atoms with E-state index in [-0.39, 0.29) is 0 Å². The van der Waals surface area contributed by atoms with Crippen LogP contribution in [0.3, 0.4) is 0 Å². The van der Waals surface area contributed by atoms with Crippen molar-refractivity contribution in [3.8, 4) is 33.5 Å². The molecule has 0 bridgehead atoms. The van der Waals surface area contributed by atoms with Gasteiger partial charge in [0.25, 0.3) is 0 Å². The number of hydrogen-bond acceptors (Lipinski definition) is 4. The average molecular weight is 639 g/mol. The van der Waals surface area contributed by atoms with E-state index in [9.17, 15) is 0 Å². The summed E-state index contributed by atoms with van der Waals surface area (Å²) >= 11 is 0. The molecule has 8 aromatic carbocycles. The molecule has 0 unspecified atom stereocenters. The summed E-state index contributed by atoms with van der Waals surface area (Å²) in [6.45, 7) is 0. The summed E-state index contributed by atoms with van der Waals surface area (Å²) in [5.74, 6) is 0. The first kappa shape index (κ1) is 27.2. The van der Waals surface area contributed by atoms with E-state index in [0.717, 1.165) is 93.6 Å². The smallest absolute Gasteiger partial charge is 0.139 e. The van der Waals surface area contributed by atoms with Gasteiger partial charge < -0.3 is 8.83 Å². The van der Waals surface area contributed by atoms with Gasteiger partial charge in [0, 0.05) is 43.9 Å². The van der Waals surface area contributed by atoms with Crippen LogP contribution in [0.2, 0.25) is 0 Å². The standard InChI is InChI=1S/C46H26N2O2/c1-2-9-27(10-3-1)29-17-19-41-36(22-29)38-24-39-37-23-30(18-20-42(37)50-44(39)25-43(38)49-41)28-11-8-12-31(21-28)40-26-47-45-34-15-6-4-13-32(34)33-14-5-7-16-35(33)46(45)48-40/h1-26H. The van der Waals surface area contributed by atoms with Crippen LogP contribution in [0.5, 0.6) is 0 Å². The lowest BCUT2D eigenvalue weighted by molar-refractivity contribution is 0.656. The van der Waals surface area contributed by atoms with Crippen LogP contribution in [-0.4, -0.2) is 9.97 Å². The van der Waals surface area contributed by atoms with Gasteiger partial charge in [-0.15, -0.1) is 0 Å². The van der Waals surface area contributed by atoms with Crippen LogP contribution >= 0.6 is 0 Å². The first-order valence-corrected chi connectivity index (χ1v) is 16.8. The van der Waals surface area contributed by atoms with Crippen LogP contribution < -0.4 is 0 Å². The summed E-state index contributed by atoms with van der Waals surface area (Å²) in [6, 6.07) is 53.0. The lowest BCUT2D eigenvalue weighted by Crippen LogP contribution is -1.92. The van der Waals surface area contributed by atoms with Crippen LogP contribution in [0, 0.1) is 0 Å². The van der Waals surface area contributed by atoms with E-state index in [1.807, 2.05) is 18.3 Å². The first-order chi connectivity index (χ1) is 24.7. The average Bonchev–Trinajstić information content (AvgIpc) is 3.73. The highest BCUT2D eigenvalue weighted by Gasteiger charge is 2.16. The quantitative estimate of drug-likeness (QED) is 0.181. The topological polar surface area (TPSA) is 52.1 Å². The number of nitrogens with zero attached hydrogens (tertiary/aromatic N) is 2. The van der Waals surface area contributed by atoms with E-state index in [1.165, 1.54) is 16.3 Å². The van der Waals surface area contributed by atoms with Crippen molar-refractivity contribution in [1.29, 1.82) is 0 Å². The number of fused-ring (bicyclic) bond motifs is 12. The molecule has 0 aliphatic carbocycles. The molecule has 4 nitrogen and oxygen atoms in total. The molecule has 11 rings (SSSR count). The zero-order valence-electron chi connectivity index (χ0n) is 26.7. The molecule has 4 heteroatoms. The van der Waals surface area contributed by atoms with Crippen molar-refractivity contribution in [3.63, 3.8) is 0 Å². The maximum Gasteiger partial charge on any atom is 0.139 e. The van der Waals surface area contributed by atoms with Gasteiger partial charge in [0.05, 0.1) is 22.9 Å². The molecule has 0 saturated carbocycles. The van der Waals surface area contributed by atoms with Crippen molar-refractivity contribution in [2.75, 3.05) is 0 Å². The molecule has 232 valence electrons. The SMILES string of the molecule is c1ccc(-c2ccc3oc4cc5oc6ccc(-c7cccc(-c8cnc9c%10ccccc%10c%10ccccc%10c9n8)c7)cc6c5cc4c3c2)cc1. The lowest BCUT2D eigenvalue weighted by atomic mass is 9.98. The molecule has 0 amide bonds. The molecule has 11 aromatic rings. The molecule has 0 aliphatic heterocycles. The minimum Gasteiger partial charge on any atom is -0.456 e. The highest BCUT2D eigenvalue weighted by atomic mass is 16.3. The van der Waals surface area contributed by atoms with Gasteiger partial charge in [-0.2, -0.15) is 0 Å². The Morgan fingerprint density at radius 2 is 0.840 bits per heavy atom. The maximum absolute atomic E-state index is 6.36. The van der Waals surface area contributed by atoms with Crippen LogP contribution in [0.15, 0.2) is 167 Å². The zero-order valence-corrected chi connectivity index (χ0v) is 26.7. The molecule has 0 aliphatic rings. The summed E-state index contributed by atoms with van der Waals surface area (Å²) in [5.41, 5.74) is 11.6. The zero-order chi connectivity index (χ0) is 32.8. The van der Waals surface area contributed by atoms with Crippen molar-refractivity contribution in [2.24, 2.45) is 0 Å². The van der Waals surface area contributed by atoms with Gasteiger partial charge in [0.2, 0.25) is 0 Å². The molecule has 50 heavy (non-hydrogen) atoms. The Morgan fingerprint density at radius 3 is 1.52 bits per heavy atom. The van der Waals surface area contributed by atoms with Crippen molar-refractivity contribution in [2.45, 2.75) is 0 Å². The van der Waals surface area contributed by atoms with Gasteiger partial charge >= 0.3 is 0 Å². The number of rotatable bonds is 3. The number of furan rings is 2. The van der Waals surface area contributed by atoms with E-state index in [1.54, 1.807) is 0 Å². The molecular weight excluding hydrogens is 613 g/mol. The van der Waals surface area contributed by atoms with Crippen LogP contribution in [0.4, 0.5) is 0 Å². The van der Waals surface area contributed by atoms with Crippen LogP contribution in [0.1, 0.15) is 0 Å². The van der Waals surface area contributed by atoms with E-state index in [2.05, 4.69) is 140 Å². The minimum atomic E-state index is 0.812. The Morgan fingerprint density at radius 1 is 0.320 bits per heavy atom. The van der Waals surface area contributed by atoms with Gasteiger partial charge in [-0.05, 0) is 69.4 Å². The summed E-state index contributed by atoms with van der Waals surface area (Å²) in [5, 5.41) is 8.93. The lowest BCUT2D eigenvalue weighted by Gasteiger charge is -2.11. The molecule has 0 spiro atoms. The van der Waals surface area contributed by atoms with Gasteiger partial charge in [-0.1, -0.05) is 109 Å². The highest BCUT2D eigenvalue weighted by molar-refractivity contribution is 6.23. The fourth-order valence-electron chi connectivity index (χ4n) is 7.66. The Kier molecular flexibility index (Phi) is 5.63. The molecular formula is C46H26N2O2. The number of aromatic nitrogens is 2. The molecule has 0 N–H and O–H groups in total. The van der Waals surface area contributed by atoms with Crippen LogP contribution in [0.25, 0.3) is 110 Å². The van der Waals surface area contributed by atoms with Crippen molar-refractivity contribution < 1.29 is 8.83 Å². The Labute approximate surface area is 285 Å². The molecule has 0 atom stereocenters. The normalized spacial score (nSPS) is 12.0. The van der Waals surface area contributed by atoms with Crippen molar-refractivity contribution >= 4 is 76.5 Å². The van der Waals surface area contributed by atoms with Crippen molar-refractivity contribution in [1.82, 2.24) is 9.97 Å². The predicted molar refractivity (Wildman–Crippen MR) is 205 cm³/mol. The Bertz CT molecular complexity index is 3120. The molecule has 0 radical (unpaired) electrons. The molecule has 3 heterocycles. The third-order valence-electron chi connectivity index (χ3n) is 10.1.